The summed E-state index contributed by atoms with van der Waals surface area (Å²) < 4.78 is 0.797. The molecule has 2 rings (SSSR count). The van der Waals surface area contributed by atoms with Crippen LogP contribution in [0.5, 0.6) is 0 Å². The van der Waals surface area contributed by atoms with Gasteiger partial charge in [-0.15, -0.1) is 0 Å². The van der Waals surface area contributed by atoms with E-state index in [-0.39, 0.29) is 0 Å². The Balaban J connectivity index is 2.41. The van der Waals surface area contributed by atoms with Crippen molar-refractivity contribution in [2.24, 2.45) is 0 Å². The van der Waals surface area contributed by atoms with Gasteiger partial charge in [0, 0.05) is 4.47 Å². The Hall–Kier alpha value is -0.830. The standard InChI is InChI=1S/C15H14BrClO/c1-9-3-5-12(10(2)7-9)15(18)11-4-6-14(17)13(16)8-11/h3-8,15,18H,1-2H3. The molecular weight excluding hydrogens is 312 g/mol. The van der Waals surface area contributed by atoms with E-state index in [0.29, 0.717) is 5.02 Å². The van der Waals surface area contributed by atoms with E-state index in [0.717, 1.165) is 21.2 Å². The minimum absolute atomic E-state index is 0.626. The Morgan fingerprint density at radius 1 is 1.11 bits per heavy atom. The number of benzene rings is 2. The summed E-state index contributed by atoms with van der Waals surface area (Å²) in [5, 5.41) is 11.1. The quantitative estimate of drug-likeness (QED) is 0.841. The number of rotatable bonds is 2. The van der Waals surface area contributed by atoms with Gasteiger partial charge in [-0.3, -0.25) is 0 Å². The van der Waals surface area contributed by atoms with Gasteiger partial charge in [0.2, 0.25) is 0 Å². The largest absolute Gasteiger partial charge is 0.384 e. The second kappa shape index (κ2) is 5.43. The molecule has 3 heteroatoms. The summed E-state index contributed by atoms with van der Waals surface area (Å²) in [6.45, 7) is 4.05. The zero-order chi connectivity index (χ0) is 13.3. The number of hydrogen-bond acceptors (Lipinski definition) is 1. The molecule has 2 aromatic rings. The predicted octanol–water partition coefficient (Wildman–Crippen LogP) is 4.80. The van der Waals surface area contributed by atoms with Crippen LogP contribution in [0.25, 0.3) is 0 Å². The van der Waals surface area contributed by atoms with Crippen molar-refractivity contribution in [1.82, 2.24) is 0 Å². The highest BCUT2D eigenvalue weighted by Gasteiger charge is 2.13. The fraction of sp³-hybridized carbons (Fsp3) is 0.200. The van der Waals surface area contributed by atoms with Crippen LogP contribution in [0.4, 0.5) is 0 Å². The zero-order valence-corrected chi connectivity index (χ0v) is 12.6. The van der Waals surface area contributed by atoms with Crippen molar-refractivity contribution in [3.8, 4) is 0 Å². The van der Waals surface area contributed by atoms with Crippen molar-refractivity contribution in [3.63, 3.8) is 0 Å². The third-order valence-electron chi connectivity index (χ3n) is 2.98. The molecule has 94 valence electrons. The van der Waals surface area contributed by atoms with Gasteiger partial charge in [0.05, 0.1) is 5.02 Å². The highest BCUT2D eigenvalue weighted by atomic mass is 79.9. The smallest absolute Gasteiger partial charge is 0.104 e. The van der Waals surface area contributed by atoms with Crippen LogP contribution in [0, 0.1) is 13.8 Å². The summed E-state index contributed by atoms with van der Waals surface area (Å²) in [6.07, 6.45) is -0.626. The van der Waals surface area contributed by atoms with Crippen LogP contribution in [0.3, 0.4) is 0 Å². The van der Waals surface area contributed by atoms with Gasteiger partial charge in [-0.2, -0.15) is 0 Å². The van der Waals surface area contributed by atoms with E-state index < -0.39 is 6.10 Å². The first kappa shape index (κ1) is 13.6. The highest BCUT2D eigenvalue weighted by molar-refractivity contribution is 9.10. The van der Waals surface area contributed by atoms with Crippen LogP contribution in [0.1, 0.15) is 28.4 Å². The zero-order valence-electron chi connectivity index (χ0n) is 10.2. The molecule has 0 fully saturated rings. The molecule has 0 radical (unpaired) electrons. The van der Waals surface area contributed by atoms with E-state index in [1.54, 1.807) is 6.07 Å². The van der Waals surface area contributed by atoms with Crippen LogP contribution in [0.15, 0.2) is 40.9 Å². The molecule has 0 heterocycles. The van der Waals surface area contributed by atoms with E-state index >= 15 is 0 Å². The predicted molar refractivity (Wildman–Crippen MR) is 79.1 cm³/mol. The van der Waals surface area contributed by atoms with Crippen LogP contribution >= 0.6 is 27.5 Å². The molecule has 0 aliphatic rings. The van der Waals surface area contributed by atoms with Gasteiger partial charge in [0.25, 0.3) is 0 Å². The molecule has 18 heavy (non-hydrogen) atoms. The Kier molecular flexibility index (Phi) is 4.10. The average Bonchev–Trinajstić information content (AvgIpc) is 2.32. The molecule has 2 aromatic carbocycles. The monoisotopic (exact) mass is 324 g/mol. The van der Waals surface area contributed by atoms with Gasteiger partial charge >= 0.3 is 0 Å². The summed E-state index contributed by atoms with van der Waals surface area (Å²) in [5.74, 6) is 0. The first-order valence-corrected chi connectivity index (χ1v) is 6.86. The molecule has 0 saturated heterocycles. The van der Waals surface area contributed by atoms with Crippen molar-refractivity contribution < 1.29 is 5.11 Å². The molecule has 0 aromatic heterocycles. The number of aryl methyl sites for hydroxylation is 2. The summed E-state index contributed by atoms with van der Waals surface area (Å²) in [5.41, 5.74) is 4.04. The van der Waals surface area contributed by atoms with Gasteiger partial charge in [0.15, 0.2) is 0 Å². The lowest BCUT2D eigenvalue weighted by Crippen LogP contribution is -2.02. The summed E-state index contributed by atoms with van der Waals surface area (Å²) >= 11 is 9.33. The fourth-order valence-electron chi connectivity index (χ4n) is 1.99. The topological polar surface area (TPSA) is 20.2 Å². The molecule has 1 atom stereocenters. The second-order valence-corrected chi connectivity index (χ2v) is 5.70. The second-order valence-electron chi connectivity index (χ2n) is 4.44. The number of hydrogen-bond donors (Lipinski definition) is 1. The molecule has 1 N–H and O–H groups in total. The Morgan fingerprint density at radius 2 is 1.83 bits per heavy atom. The Labute approximate surface area is 121 Å². The van der Waals surface area contributed by atoms with E-state index in [1.165, 1.54) is 5.56 Å². The maximum atomic E-state index is 10.4. The maximum absolute atomic E-state index is 10.4. The third kappa shape index (κ3) is 2.77. The number of aliphatic hydroxyl groups is 1. The lowest BCUT2D eigenvalue weighted by molar-refractivity contribution is 0.219. The molecule has 0 aliphatic carbocycles. The Bertz CT molecular complexity index is 581. The Morgan fingerprint density at radius 3 is 2.44 bits per heavy atom. The van der Waals surface area contributed by atoms with Crippen molar-refractivity contribution in [3.05, 3.63) is 68.1 Å². The van der Waals surface area contributed by atoms with Crippen LogP contribution in [-0.2, 0) is 0 Å². The summed E-state index contributed by atoms with van der Waals surface area (Å²) in [6, 6.07) is 11.5. The van der Waals surface area contributed by atoms with E-state index in [1.807, 2.05) is 38.1 Å². The van der Waals surface area contributed by atoms with Gasteiger partial charge in [-0.1, -0.05) is 41.4 Å². The number of halogens is 2. The van der Waals surface area contributed by atoms with Crippen molar-refractivity contribution in [2.45, 2.75) is 20.0 Å². The van der Waals surface area contributed by atoms with Crippen LogP contribution < -0.4 is 0 Å². The summed E-state index contributed by atoms with van der Waals surface area (Å²) in [4.78, 5) is 0. The van der Waals surface area contributed by atoms with Gasteiger partial charge in [0.1, 0.15) is 6.10 Å². The van der Waals surface area contributed by atoms with Crippen LogP contribution in [-0.4, -0.2) is 5.11 Å². The van der Waals surface area contributed by atoms with Crippen LogP contribution in [0.2, 0.25) is 5.02 Å². The van der Waals surface area contributed by atoms with Crippen molar-refractivity contribution >= 4 is 27.5 Å². The lowest BCUT2D eigenvalue weighted by atomic mass is 9.96. The van der Waals surface area contributed by atoms with E-state index in [4.69, 9.17) is 11.6 Å². The normalized spacial score (nSPS) is 12.5. The molecule has 0 amide bonds. The SMILES string of the molecule is Cc1ccc(C(O)c2ccc(Cl)c(Br)c2)c(C)c1. The van der Waals surface area contributed by atoms with E-state index in [9.17, 15) is 5.11 Å². The molecule has 0 bridgehead atoms. The van der Waals surface area contributed by atoms with Crippen molar-refractivity contribution in [1.29, 1.82) is 0 Å². The maximum Gasteiger partial charge on any atom is 0.104 e. The first-order chi connectivity index (χ1) is 8.49. The molecule has 0 spiro atoms. The molecule has 1 unspecified atom stereocenters. The molecular formula is C15H14BrClO. The minimum Gasteiger partial charge on any atom is -0.384 e. The first-order valence-electron chi connectivity index (χ1n) is 5.69. The summed E-state index contributed by atoms with van der Waals surface area (Å²) in [7, 11) is 0. The average molecular weight is 326 g/mol. The van der Waals surface area contributed by atoms with Gasteiger partial charge < -0.3 is 5.11 Å². The minimum atomic E-state index is -0.626. The fourth-order valence-corrected chi connectivity index (χ4v) is 2.51. The van der Waals surface area contributed by atoms with Gasteiger partial charge in [-0.05, 0) is 58.6 Å². The molecule has 0 saturated carbocycles. The molecule has 1 nitrogen and oxygen atoms in total. The van der Waals surface area contributed by atoms with Gasteiger partial charge in [-0.25, -0.2) is 0 Å². The van der Waals surface area contributed by atoms with Crippen molar-refractivity contribution in [2.75, 3.05) is 0 Å². The van der Waals surface area contributed by atoms with E-state index in [2.05, 4.69) is 22.0 Å². The number of aliphatic hydroxyl groups excluding tert-OH is 1. The third-order valence-corrected chi connectivity index (χ3v) is 4.19. The lowest BCUT2D eigenvalue weighted by Gasteiger charge is -2.15. The highest BCUT2D eigenvalue weighted by Crippen LogP contribution is 2.30. The molecule has 0 aliphatic heterocycles.